The van der Waals surface area contributed by atoms with Gasteiger partial charge in [-0.15, -0.1) is 0 Å². The molecule has 0 aromatic heterocycles. The van der Waals surface area contributed by atoms with Crippen molar-refractivity contribution in [3.63, 3.8) is 0 Å². The standard InChI is InChI=1S/C10H11ClNO/c1-7(10(12)13)6-8-2-4-9(11)5-3-8/h2-5H,6H2,1H3,(H2,12,13). The van der Waals surface area contributed by atoms with E-state index in [1.807, 2.05) is 12.1 Å². The van der Waals surface area contributed by atoms with E-state index in [-0.39, 0.29) is 5.91 Å². The number of rotatable bonds is 3. The Bertz CT molecular complexity index is 294. The lowest BCUT2D eigenvalue weighted by Gasteiger charge is -2.05. The Morgan fingerprint density at radius 2 is 1.92 bits per heavy atom. The summed E-state index contributed by atoms with van der Waals surface area (Å²) < 4.78 is 0. The Labute approximate surface area is 82.7 Å². The average molecular weight is 197 g/mol. The van der Waals surface area contributed by atoms with Gasteiger partial charge in [-0.2, -0.15) is 0 Å². The molecular formula is C10H11ClNO. The number of nitrogens with two attached hydrogens (primary N) is 1. The topological polar surface area (TPSA) is 43.1 Å². The van der Waals surface area contributed by atoms with E-state index in [1.165, 1.54) is 0 Å². The molecule has 0 aliphatic rings. The second-order valence-electron chi connectivity index (χ2n) is 2.95. The van der Waals surface area contributed by atoms with Crippen LogP contribution in [0.3, 0.4) is 0 Å². The predicted octanol–water partition coefficient (Wildman–Crippen LogP) is 1.96. The van der Waals surface area contributed by atoms with E-state index in [4.69, 9.17) is 17.3 Å². The molecule has 3 heteroatoms. The van der Waals surface area contributed by atoms with Gasteiger partial charge in [0.15, 0.2) is 0 Å². The van der Waals surface area contributed by atoms with Crippen molar-refractivity contribution in [3.8, 4) is 0 Å². The number of hydrogen-bond acceptors (Lipinski definition) is 1. The summed E-state index contributed by atoms with van der Waals surface area (Å²) in [4.78, 5) is 10.7. The van der Waals surface area contributed by atoms with Gasteiger partial charge in [0.1, 0.15) is 0 Å². The van der Waals surface area contributed by atoms with Crippen LogP contribution in [0.1, 0.15) is 12.5 Å². The summed E-state index contributed by atoms with van der Waals surface area (Å²) in [6.07, 6.45) is 0.590. The molecule has 1 aromatic rings. The lowest BCUT2D eigenvalue weighted by Crippen LogP contribution is -2.20. The SMILES string of the molecule is C[C](Cc1ccc(Cl)cc1)C(N)=O. The zero-order valence-electron chi connectivity index (χ0n) is 7.38. The second kappa shape index (κ2) is 4.28. The lowest BCUT2D eigenvalue weighted by atomic mass is 10.0. The third kappa shape index (κ3) is 3.07. The van der Waals surface area contributed by atoms with E-state index in [0.717, 1.165) is 5.56 Å². The van der Waals surface area contributed by atoms with Crippen molar-refractivity contribution >= 4 is 17.5 Å². The molecule has 0 saturated carbocycles. The molecule has 0 aliphatic carbocycles. The number of carbonyl (C=O) groups excluding carboxylic acids is 1. The summed E-state index contributed by atoms with van der Waals surface area (Å²) in [5.74, 6) is 0.303. The molecule has 1 rings (SSSR count). The molecule has 0 unspecified atom stereocenters. The summed E-state index contributed by atoms with van der Waals surface area (Å²) in [6.45, 7) is 1.73. The summed E-state index contributed by atoms with van der Waals surface area (Å²) in [7, 11) is 0. The fourth-order valence-electron chi connectivity index (χ4n) is 0.996. The molecule has 0 fully saturated rings. The molecule has 1 aromatic carbocycles. The van der Waals surface area contributed by atoms with Crippen molar-refractivity contribution in [1.29, 1.82) is 0 Å². The van der Waals surface area contributed by atoms with E-state index < -0.39 is 0 Å². The molecule has 0 aliphatic heterocycles. The molecule has 69 valence electrons. The van der Waals surface area contributed by atoms with Gasteiger partial charge in [-0.05, 0) is 31.0 Å². The molecule has 2 N–H and O–H groups in total. The van der Waals surface area contributed by atoms with Crippen LogP contribution in [0.5, 0.6) is 0 Å². The molecule has 0 atom stereocenters. The highest BCUT2D eigenvalue weighted by Crippen LogP contribution is 2.13. The maximum Gasteiger partial charge on any atom is 0.224 e. The van der Waals surface area contributed by atoms with Crippen LogP contribution in [0.15, 0.2) is 24.3 Å². The monoisotopic (exact) mass is 196 g/mol. The molecule has 13 heavy (non-hydrogen) atoms. The maximum absolute atomic E-state index is 10.7. The smallest absolute Gasteiger partial charge is 0.224 e. The Morgan fingerprint density at radius 3 is 2.38 bits per heavy atom. The molecule has 0 spiro atoms. The number of primary amides is 1. The van der Waals surface area contributed by atoms with E-state index >= 15 is 0 Å². The summed E-state index contributed by atoms with van der Waals surface area (Å²) in [5.41, 5.74) is 6.15. The van der Waals surface area contributed by atoms with Gasteiger partial charge in [-0.25, -0.2) is 0 Å². The first kappa shape index (κ1) is 10.1. The van der Waals surface area contributed by atoms with Crippen molar-refractivity contribution in [2.75, 3.05) is 0 Å². The Morgan fingerprint density at radius 1 is 1.38 bits per heavy atom. The molecule has 1 amide bonds. The third-order valence-electron chi connectivity index (χ3n) is 1.80. The zero-order valence-corrected chi connectivity index (χ0v) is 8.14. The molecule has 0 bridgehead atoms. The number of hydrogen-bond donors (Lipinski definition) is 1. The highest BCUT2D eigenvalue weighted by Gasteiger charge is 2.09. The third-order valence-corrected chi connectivity index (χ3v) is 2.06. The Balaban J connectivity index is 2.64. The molecule has 0 heterocycles. The van der Waals surface area contributed by atoms with Crippen LogP contribution in [0, 0.1) is 5.92 Å². The molecule has 2 nitrogen and oxygen atoms in total. The zero-order chi connectivity index (χ0) is 9.84. The average Bonchev–Trinajstić information content (AvgIpc) is 2.08. The Kier molecular flexibility index (Phi) is 3.32. The summed E-state index contributed by atoms with van der Waals surface area (Å²) in [5, 5.41) is 0.695. The quantitative estimate of drug-likeness (QED) is 0.789. The molecule has 1 radical (unpaired) electrons. The minimum absolute atomic E-state index is 0.352. The fraction of sp³-hybridized carbons (Fsp3) is 0.200. The number of benzene rings is 1. The maximum atomic E-state index is 10.7. The fourth-order valence-corrected chi connectivity index (χ4v) is 1.12. The normalized spacial score (nSPS) is 10.4. The van der Waals surface area contributed by atoms with Gasteiger partial charge in [-0.3, -0.25) is 4.79 Å². The van der Waals surface area contributed by atoms with Crippen LogP contribution < -0.4 is 5.73 Å². The molecule has 0 saturated heterocycles. The van der Waals surface area contributed by atoms with Crippen LogP contribution in [0.2, 0.25) is 5.02 Å². The first-order valence-electron chi connectivity index (χ1n) is 3.96. The first-order valence-corrected chi connectivity index (χ1v) is 4.34. The lowest BCUT2D eigenvalue weighted by molar-refractivity contribution is -0.116. The van der Waals surface area contributed by atoms with Crippen molar-refractivity contribution in [3.05, 3.63) is 40.8 Å². The van der Waals surface area contributed by atoms with Crippen LogP contribution in [-0.2, 0) is 11.2 Å². The van der Waals surface area contributed by atoms with Crippen LogP contribution in [0.25, 0.3) is 0 Å². The van der Waals surface area contributed by atoms with E-state index in [1.54, 1.807) is 19.1 Å². The van der Waals surface area contributed by atoms with E-state index in [0.29, 0.717) is 17.4 Å². The van der Waals surface area contributed by atoms with Gasteiger partial charge in [0.2, 0.25) is 5.91 Å². The van der Waals surface area contributed by atoms with Crippen LogP contribution in [0.4, 0.5) is 0 Å². The van der Waals surface area contributed by atoms with Gasteiger partial charge in [-0.1, -0.05) is 23.7 Å². The van der Waals surface area contributed by atoms with Gasteiger partial charge < -0.3 is 5.73 Å². The van der Waals surface area contributed by atoms with Crippen molar-refractivity contribution in [2.45, 2.75) is 13.3 Å². The Hall–Kier alpha value is -1.02. The van der Waals surface area contributed by atoms with Crippen LogP contribution >= 0.6 is 11.6 Å². The first-order chi connectivity index (χ1) is 6.09. The van der Waals surface area contributed by atoms with Gasteiger partial charge >= 0.3 is 0 Å². The second-order valence-corrected chi connectivity index (χ2v) is 3.38. The van der Waals surface area contributed by atoms with E-state index in [9.17, 15) is 4.79 Å². The van der Waals surface area contributed by atoms with Crippen molar-refractivity contribution in [2.24, 2.45) is 5.73 Å². The number of carbonyl (C=O) groups is 1. The van der Waals surface area contributed by atoms with E-state index in [2.05, 4.69) is 0 Å². The summed E-state index contributed by atoms with van der Waals surface area (Å²) >= 11 is 5.71. The van der Waals surface area contributed by atoms with Crippen LogP contribution in [-0.4, -0.2) is 5.91 Å². The predicted molar refractivity (Wildman–Crippen MR) is 53.3 cm³/mol. The summed E-state index contributed by atoms with van der Waals surface area (Å²) in [6, 6.07) is 7.36. The van der Waals surface area contributed by atoms with Gasteiger partial charge in [0.25, 0.3) is 0 Å². The minimum atomic E-state index is -0.352. The molecular weight excluding hydrogens is 186 g/mol. The van der Waals surface area contributed by atoms with Gasteiger partial charge in [0, 0.05) is 5.02 Å². The van der Waals surface area contributed by atoms with Gasteiger partial charge in [0.05, 0.1) is 5.92 Å². The highest BCUT2D eigenvalue weighted by molar-refractivity contribution is 6.30. The van der Waals surface area contributed by atoms with Crippen molar-refractivity contribution in [1.82, 2.24) is 0 Å². The van der Waals surface area contributed by atoms with Crippen molar-refractivity contribution < 1.29 is 4.79 Å². The number of halogens is 1. The minimum Gasteiger partial charge on any atom is -0.369 e. The highest BCUT2D eigenvalue weighted by atomic mass is 35.5. The number of amides is 1. The largest absolute Gasteiger partial charge is 0.369 e.